The summed E-state index contributed by atoms with van der Waals surface area (Å²) in [6.07, 6.45) is 3.13. The molecule has 0 saturated carbocycles. The van der Waals surface area contributed by atoms with Crippen molar-refractivity contribution >= 4 is 11.9 Å². The van der Waals surface area contributed by atoms with Gasteiger partial charge in [-0.1, -0.05) is 19.9 Å². The van der Waals surface area contributed by atoms with E-state index >= 15 is 0 Å². The van der Waals surface area contributed by atoms with Crippen molar-refractivity contribution in [3.05, 3.63) is 29.6 Å². The van der Waals surface area contributed by atoms with Gasteiger partial charge in [0.05, 0.1) is 0 Å². The van der Waals surface area contributed by atoms with Crippen LogP contribution >= 0.6 is 0 Å². The second-order valence-corrected chi connectivity index (χ2v) is 5.71. The van der Waals surface area contributed by atoms with E-state index in [9.17, 15) is 9.59 Å². The zero-order valence-corrected chi connectivity index (χ0v) is 11.9. The summed E-state index contributed by atoms with van der Waals surface area (Å²) in [5.74, 6) is -1.29. The smallest absolute Gasteiger partial charge is 0.354 e. The van der Waals surface area contributed by atoms with Crippen molar-refractivity contribution in [2.75, 3.05) is 13.1 Å². The lowest BCUT2D eigenvalue weighted by Crippen LogP contribution is -2.44. The van der Waals surface area contributed by atoms with Crippen molar-refractivity contribution < 1.29 is 14.7 Å². The number of carbonyl (C=O) groups excluding carboxylic acids is 1. The molecule has 1 atom stereocenters. The van der Waals surface area contributed by atoms with Gasteiger partial charge in [-0.05, 0) is 36.8 Å². The molecule has 0 bridgehead atoms. The van der Waals surface area contributed by atoms with Gasteiger partial charge in [0.2, 0.25) is 0 Å². The Kier molecular flexibility index (Phi) is 4.06. The first-order valence-corrected chi connectivity index (χ1v) is 6.95. The van der Waals surface area contributed by atoms with Crippen LogP contribution in [-0.2, 0) is 0 Å². The van der Waals surface area contributed by atoms with E-state index < -0.39 is 5.97 Å². The molecule has 2 heterocycles. The third kappa shape index (κ3) is 2.98. The van der Waals surface area contributed by atoms with Crippen LogP contribution in [-0.4, -0.2) is 40.0 Å². The predicted octanol–water partition coefficient (Wildman–Crippen LogP) is 2.43. The lowest BCUT2D eigenvalue weighted by atomic mass is 9.79. The summed E-state index contributed by atoms with van der Waals surface area (Å²) in [7, 11) is 0. The molecule has 5 nitrogen and oxygen atoms in total. The van der Waals surface area contributed by atoms with E-state index in [-0.39, 0.29) is 22.7 Å². The maximum absolute atomic E-state index is 12.4. The Morgan fingerprint density at radius 1 is 1.40 bits per heavy atom. The number of aromatic nitrogens is 1. The van der Waals surface area contributed by atoms with Gasteiger partial charge in [-0.15, -0.1) is 0 Å². The molecule has 0 spiro atoms. The van der Waals surface area contributed by atoms with E-state index in [1.165, 1.54) is 6.07 Å². The normalized spacial score (nSPS) is 22.6. The Bertz CT molecular complexity index is 530. The second kappa shape index (κ2) is 5.61. The molecule has 0 radical (unpaired) electrons. The van der Waals surface area contributed by atoms with Crippen LogP contribution in [0.4, 0.5) is 0 Å². The van der Waals surface area contributed by atoms with Gasteiger partial charge in [0.1, 0.15) is 11.4 Å². The summed E-state index contributed by atoms with van der Waals surface area (Å²) in [5, 5.41) is 8.94. The largest absolute Gasteiger partial charge is 0.477 e. The number of aromatic carboxylic acids is 1. The molecule has 2 rings (SSSR count). The minimum atomic E-state index is -1.11. The first-order valence-electron chi connectivity index (χ1n) is 6.95. The molecule has 0 aromatic carbocycles. The summed E-state index contributed by atoms with van der Waals surface area (Å²) in [6, 6.07) is 4.53. The van der Waals surface area contributed by atoms with Crippen LogP contribution in [0.25, 0.3) is 0 Å². The van der Waals surface area contributed by atoms with Crippen molar-refractivity contribution in [3.8, 4) is 0 Å². The summed E-state index contributed by atoms with van der Waals surface area (Å²) in [4.78, 5) is 29.1. The Balaban J connectivity index is 2.19. The summed E-state index contributed by atoms with van der Waals surface area (Å²) >= 11 is 0. The second-order valence-electron chi connectivity index (χ2n) is 5.71. The van der Waals surface area contributed by atoms with E-state index in [1.807, 2.05) is 0 Å². The molecule has 1 aromatic rings. The van der Waals surface area contributed by atoms with Gasteiger partial charge in [0.25, 0.3) is 5.91 Å². The van der Waals surface area contributed by atoms with Gasteiger partial charge >= 0.3 is 5.97 Å². The molecule has 1 aliphatic heterocycles. The zero-order chi connectivity index (χ0) is 14.8. The lowest BCUT2D eigenvalue weighted by molar-refractivity contribution is 0.0537. The number of hydrogen-bond acceptors (Lipinski definition) is 3. The number of rotatable bonds is 3. The quantitative estimate of drug-likeness (QED) is 0.920. The number of carboxylic acids is 1. The van der Waals surface area contributed by atoms with Crippen molar-refractivity contribution in [3.63, 3.8) is 0 Å². The maximum Gasteiger partial charge on any atom is 0.354 e. The first-order chi connectivity index (χ1) is 9.45. The van der Waals surface area contributed by atoms with Crippen LogP contribution < -0.4 is 0 Å². The molecule has 1 unspecified atom stereocenters. The number of amides is 1. The molecule has 1 aliphatic rings. The summed E-state index contributed by atoms with van der Waals surface area (Å²) in [6.45, 7) is 5.75. The predicted molar refractivity (Wildman–Crippen MR) is 74.7 cm³/mol. The van der Waals surface area contributed by atoms with Crippen LogP contribution in [0.15, 0.2) is 18.2 Å². The van der Waals surface area contributed by atoms with Crippen LogP contribution in [0.2, 0.25) is 0 Å². The van der Waals surface area contributed by atoms with Gasteiger partial charge < -0.3 is 10.0 Å². The van der Waals surface area contributed by atoms with E-state index in [0.717, 1.165) is 19.3 Å². The molecule has 108 valence electrons. The van der Waals surface area contributed by atoms with Crippen molar-refractivity contribution in [2.24, 2.45) is 5.41 Å². The van der Waals surface area contributed by atoms with Crippen LogP contribution in [0.1, 0.15) is 54.1 Å². The summed E-state index contributed by atoms with van der Waals surface area (Å²) in [5.41, 5.74) is 0.273. The Hall–Kier alpha value is -1.91. The van der Waals surface area contributed by atoms with Crippen LogP contribution in [0.5, 0.6) is 0 Å². The Labute approximate surface area is 118 Å². The fourth-order valence-electron chi connectivity index (χ4n) is 2.61. The lowest BCUT2D eigenvalue weighted by Gasteiger charge is -2.39. The van der Waals surface area contributed by atoms with Crippen LogP contribution in [0.3, 0.4) is 0 Å². The van der Waals surface area contributed by atoms with Gasteiger partial charge in [-0.2, -0.15) is 0 Å². The molecule has 1 amide bonds. The highest BCUT2D eigenvalue weighted by atomic mass is 16.4. The number of piperidine rings is 1. The molecule has 5 heteroatoms. The molecule has 1 saturated heterocycles. The van der Waals surface area contributed by atoms with E-state index in [1.54, 1.807) is 17.0 Å². The summed E-state index contributed by atoms with van der Waals surface area (Å²) < 4.78 is 0. The standard InChI is InChI=1S/C15H20N2O3/c1-3-15(2)8-5-9-17(10-15)13(18)11-6-4-7-12(16-11)14(19)20/h4,6-7H,3,5,8-10H2,1-2H3,(H,19,20). The number of carbonyl (C=O) groups is 2. The minimum Gasteiger partial charge on any atom is -0.477 e. The highest BCUT2D eigenvalue weighted by Gasteiger charge is 2.32. The van der Waals surface area contributed by atoms with Crippen molar-refractivity contribution in [1.82, 2.24) is 9.88 Å². The van der Waals surface area contributed by atoms with Gasteiger partial charge in [0.15, 0.2) is 0 Å². The highest BCUT2D eigenvalue weighted by Crippen LogP contribution is 2.32. The maximum atomic E-state index is 12.4. The number of nitrogens with zero attached hydrogens (tertiary/aromatic N) is 2. The monoisotopic (exact) mass is 276 g/mol. The zero-order valence-electron chi connectivity index (χ0n) is 11.9. The number of pyridine rings is 1. The molecule has 1 fully saturated rings. The first kappa shape index (κ1) is 14.5. The average molecular weight is 276 g/mol. The average Bonchev–Trinajstić information content (AvgIpc) is 2.46. The van der Waals surface area contributed by atoms with Crippen molar-refractivity contribution in [1.29, 1.82) is 0 Å². The fraction of sp³-hybridized carbons (Fsp3) is 0.533. The van der Waals surface area contributed by atoms with E-state index in [2.05, 4.69) is 18.8 Å². The number of hydrogen-bond donors (Lipinski definition) is 1. The number of likely N-dealkylation sites (tertiary alicyclic amines) is 1. The number of carboxylic acid groups (broad SMARTS) is 1. The topological polar surface area (TPSA) is 70.5 Å². The molecular weight excluding hydrogens is 256 g/mol. The van der Waals surface area contributed by atoms with Crippen molar-refractivity contribution in [2.45, 2.75) is 33.1 Å². The third-order valence-electron chi connectivity index (χ3n) is 4.11. The van der Waals surface area contributed by atoms with Gasteiger partial charge in [-0.3, -0.25) is 4.79 Å². The highest BCUT2D eigenvalue weighted by molar-refractivity contribution is 5.94. The Morgan fingerprint density at radius 3 is 2.75 bits per heavy atom. The molecule has 1 N–H and O–H groups in total. The Morgan fingerprint density at radius 2 is 2.10 bits per heavy atom. The SMILES string of the molecule is CCC1(C)CCCN(C(=O)c2cccc(C(=O)O)n2)C1. The molecule has 1 aromatic heterocycles. The van der Waals surface area contributed by atoms with E-state index in [4.69, 9.17) is 5.11 Å². The minimum absolute atomic E-state index is 0.0916. The van der Waals surface area contributed by atoms with Crippen LogP contribution in [0, 0.1) is 5.41 Å². The molecule has 0 aliphatic carbocycles. The van der Waals surface area contributed by atoms with Gasteiger partial charge in [0, 0.05) is 13.1 Å². The third-order valence-corrected chi connectivity index (χ3v) is 4.11. The molecular formula is C15H20N2O3. The fourth-order valence-corrected chi connectivity index (χ4v) is 2.61. The molecule has 20 heavy (non-hydrogen) atoms. The van der Waals surface area contributed by atoms with Gasteiger partial charge in [-0.25, -0.2) is 9.78 Å². The van der Waals surface area contributed by atoms with E-state index in [0.29, 0.717) is 13.1 Å².